The van der Waals surface area contributed by atoms with Crippen molar-refractivity contribution in [3.05, 3.63) is 80.0 Å². The van der Waals surface area contributed by atoms with Crippen molar-refractivity contribution in [1.29, 1.82) is 5.26 Å². The van der Waals surface area contributed by atoms with E-state index in [1.807, 2.05) is 22.9 Å². The molecule has 0 spiro atoms. The van der Waals surface area contributed by atoms with E-state index in [0.717, 1.165) is 10.4 Å². The fourth-order valence-electron chi connectivity index (χ4n) is 2.80. The first-order valence-electron chi connectivity index (χ1n) is 7.68. The number of ether oxygens (including phenoxy) is 2. The highest BCUT2D eigenvalue weighted by Crippen LogP contribution is 2.44. The highest BCUT2D eigenvalue weighted by atomic mass is 32.1. The van der Waals surface area contributed by atoms with Crippen LogP contribution in [0.15, 0.2) is 64.7 Å². The number of rotatable bonds is 3. The largest absolute Gasteiger partial charge is 0.440 e. The summed E-state index contributed by atoms with van der Waals surface area (Å²) in [4.78, 5) is 13.6. The van der Waals surface area contributed by atoms with Gasteiger partial charge in [-0.3, -0.25) is 0 Å². The molecule has 0 fully saturated rings. The van der Waals surface area contributed by atoms with Gasteiger partial charge >= 0.3 is 5.97 Å². The summed E-state index contributed by atoms with van der Waals surface area (Å²) < 4.78 is 11.0. The standard InChI is InChI=1S/C19H12N2O3S2/c20-10-13-17(15-3-1-7-25-15)12-6-5-11(9-14(12)24-18(13)21)23-19(22)16-4-2-8-26-16/h1-9,17H,21H2. The van der Waals surface area contributed by atoms with Crippen LogP contribution in [0.5, 0.6) is 11.5 Å². The Balaban J connectivity index is 1.70. The first kappa shape index (κ1) is 16.4. The van der Waals surface area contributed by atoms with Gasteiger partial charge in [-0.15, -0.1) is 22.7 Å². The number of hydrogen-bond acceptors (Lipinski definition) is 7. The van der Waals surface area contributed by atoms with Crippen molar-refractivity contribution < 1.29 is 14.3 Å². The molecule has 7 heteroatoms. The third-order valence-electron chi connectivity index (χ3n) is 3.95. The van der Waals surface area contributed by atoms with E-state index in [2.05, 4.69) is 6.07 Å². The lowest BCUT2D eigenvalue weighted by Crippen LogP contribution is -2.20. The zero-order valence-electron chi connectivity index (χ0n) is 13.3. The summed E-state index contributed by atoms with van der Waals surface area (Å²) in [6, 6.07) is 14.7. The highest BCUT2D eigenvalue weighted by Gasteiger charge is 2.31. The van der Waals surface area contributed by atoms with E-state index in [-0.39, 0.29) is 11.8 Å². The topological polar surface area (TPSA) is 85.3 Å². The molecule has 2 aromatic heterocycles. The third-order valence-corrected chi connectivity index (χ3v) is 5.74. The Morgan fingerprint density at radius 2 is 2.00 bits per heavy atom. The van der Waals surface area contributed by atoms with Crippen LogP contribution in [0.25, 0.3) is 0 Å². The van der Waals surface area contributed by atoms with Crippen molar-refractivity contribution in [3.63, 3.8) is 0 Å². The van der Waals surface area contributed by atoms with Gasteiger partial charge in [0, 0.05) is 16.5 Å². The number of nitriles is 1. The molecule has 3 aromatic rings. The summed E-state index contributed by atoms with van der Waals surface area (Å²) >= 11 is 2.86. The van der Waals surface area contributed by atoms with Gasteiger partial charge in [0.05, 0.1) is 5.92 Å². The number of nitrogens with two attached hydrogens (primary N) is 1. The lowest BCUT2D eigenvalue weighted by Gasteiger charge is -2.25. The molecule has 2 N–H and O–H groups in total. The number of nitrogens with zero attached hydrogens (tertiary/aromatic N) is 1. The normalized spacial score (nSPS) is 15.7. The average molecular weight is 380 g/mol. The van der Waals surface area contributed by atoms with Crippen LogP contribution in [0.2, 0.25) is 0 Å². The molecule has 1 unspecified atom stereocenters. The van der Waals surface area contributed by atoms with Gasteiger partial charge in [-0.25, -0.2) is 4.79 Å². The fraction of sp³-hybridized carbons (Fsp3) is 0.0526. The molecule has 0 amide bonds. The Morgan fingerprint density at radius 1 is 1.19 bits per heavy atom. The molecule has 0 bridgehead atoms. The van der Waals surface area contributed by atoms with Crippen LogP contribution in [0.4, 0.5) is 0 Å². The maximum atomic E-state index is 12.1. The SMILES string of the molecule is N#CC1=C(N)Oc2cc(OC(=O)c3cccs3)ccc2C1c1cccs1. The smallest absolute Gasteiger partial charge is 0.353 e. The van der Waals surface area contributed by atoms with Crippen molar-refractivity contribution in [3.8, 4) is 17.6 Å². The van der Waals surface area contributed by atoms with Crippen molar-refractivity contribution >= 4 is 28.6 Å². The summed E-state index contributed by atoms with van der Waals surface area (Å²) in [6.07, 6.45) is 0. The van der Waals surface area contributed by atoms with Crippen LogP contribution in [-0.4, -0.2) is 5.97 Å². The number of benzene rings is 1. The lowest BCUT2D eigenvalue weighted by atomic mass is 9.88. The number of hydrogen-bond donors (Lipinski definition) is 1. The predicted molar refractivity (Wildman–Crippen MR) is 99.3 cm³/mol. The number of thiophene rings is 2. The van der Waals surface area contributed by atoms with E-state index in [4.69, 9.17) is 15.2 Å². The second kappa shape index (κ2) is 6.67. The molecule has 0 saturated carbocycles. The average Bonchev–Trinajstić information content (AvgIpc) is 3.34. The minimum absolute atomic E-state index is 0.0696. The first-order chi connectivity index (χ1) is 12.7. The summed E-state index contributed by atoms with van der Waals surface area (Å²) in [5.41, 5.74) is 7.15. The molecule has 1 aliphatic heterocycles. The molecule has 1 atom stereocenters. The van der Waals surface area contributed by atoms with Crippen LogP contribution in [0.3, 0.4) is 0 Å². The Bertz CT molecular complexity index is 1030. The molecule has 26 heavy (non-hydrogen) atoms. The van der Waals surface area contributed by atoms with E-state index in [1.165, 1.54) is 11.3 Å². The summed E-state index contributed by atoms with van der Waals surface area (Å²) in [5, 5.41) is 13.3. The lowest BCUT2D eigenvalue weighted by molar-refractivity contribution is 0.0739. The van der Waals surface area contributed by atoms with Crippen molar-refractivity contribution in [2.45, 2.75) is 5.92 Å². The summed E-state index contributed by atoms with van der Waals surface area (Å²) in [6.45, 7) is 0. The first-order valence-corrected chi connectivity index (χ1v) is 9.44. The van der Waals surface area contributed by atoms with Crippen molar-refractivity contribution in [2.75, 3.05) is 0 Å². The molecule has 4 rings (SSSR count). The van der Waals surface area contributed by atoms with Gasteiger partial charge in [-0.1, -0.05) is 18.2 Å². The van der Waals surface area contributed by atoms with Gasteiger partial charge in [-0.05, 0) is 29.0 Å². The van der Waals surface area contributed by atoms with Crippen LogP contribution in [0, 0.1) is 11.3 Å². The molecule has 1 aromatic carbocycles. The van der Waals surface area contributed by atoms with E-state index in [0.29, 0.717) is 21.9 Å². The maximum Gasteiger partial charge on any atom is 0.353 e. The molecule has 0 saturated heterocycles. The van der Waals surface area contributed by atoms with Gasteiger partial charge < -0.3 is 15.2 Å². The van der Waals surface area contributed by atoms with Gasteiger partial charge in [0.25, 0.3) is 0 Å². The van der Waals surface area contributed by atoms with E-state index < -0.39 is 5.97 Å². The van der Waals surface area contributed by atoms with Crippen LogP contribution in [0.1, 0.15) is 26.0 Å². The van der Waals surface area contributed by atoms with Gasteiger partial charge in [0.1, 0.15) is 28.0 Å². The minimum Gasteiger partial charge on any atom is -0.440 e. The van der Waals surface area contributed by atoms with Crippen molar-refractivity contribution in [2.24, 2.45) is 5.73 Å². The second-order valence-corrected chi connectivity index (χ2v) is 7.43. The van der Waals surface area contributed by atoms with Gasteiger partial charge in [0.15, 0.2) is 0 Å². The molecular formula is C19H12N2O3S2. The quantitative estimate of drug-likeness (QED) is 0.542. The van der Waals surface area contributed by atoms with Crippen LogP contribution < -0.4 is 15.2 Å². The van der Waals surface area contributed by atoms with Gasteiger partial charge in [-0.2, -0.15) is 5.26 Å². The summed E-state index contributed by atoms with van der Waals surface area (Å²) in [5.74, 6) is 0.203. The zero-order chi connectivity index (χ0) is 18.1. The highest BCUT2D eigenvalue weighted by molar-refractivity contribution is 7.12. The zero-order valence-corrected chi connectivity index (χ0v) is 15.0. The molecule has 128 valence electrons. The third kappa shape index (κ3) is 2.86. The number of carbonyl (C=O) groups excluding carboxylic acids is 1. The fourth-order valence-corrected chi connectivity index (χ4v) is 4.25. The predicted octanol–water partition coefficient (Wildman–Crippen LogP) is 4.25. The molecule has 3 heterocycles. The maximum absolute atomic E-state index is 12.1. The van der Waals surface area contributed by atoms with Crippen molar-refractivity contribution in [1.82, 2.24) is 0 Å². The summed E-state index contributed by atoms with van der Waals surface area (Å²) in [7, 11) is 0. The second-order valence-electron chi connectivity index (χ2n) is 5.51. The molecular weight excluding hydrogens is 368 g/mol. The number of allylic oxidation sites excluding steroid dienone is 1. The van der Waals surface area contributed by atoms with Crippen LogP contribution >= 0.6 is 22.7 Å². The Morgan fingerprint density at radius 3 is 2.69 bits per heavy atom. The minimum atomic E-state index is -0.424. The molecule has 1 aliphatic rings. The Kier molecular flexibility index (Phi) is 4.21. The van der Waals surface area contributed by atoms with Crippen LogP contribution in [-0.2, 0) is 0 Å². The number of carbonyl (C=O) groups is 1. The molecule has 0 aliphatic carbocycles. The van der Waals surface area contributed by atoms with Gasteiger partial charge in [0.2, 0.25) is 5.88 Å². The number of esters is 1. The monoisotopic (exact) mass is 380 g/mol. The van der Waals surface area contributed by atoms with E-state index in [9.17, 15) is 10.1 Å². The van der Waals surface area contributed by atoms with E-state index in [1.54, 1.807) is 41.7 Å². The van der Waals surface area contributed by atoms with E-state index >= 15 is 0 Å². The Hall–Kier alpha value is -3.08. The Labute approximate surface area is 157 Å². The molecule has 0 radical (unpaired) electrons. The molecule has 5 nitrogen and oxygen atoms in total. The number of fused-ring (bicyclic) bond motifs is 1.